The number of carboxylic acid groups (broad SMARTS) is 1. The predicted molar refractivity (Wildman–Crippen MR) is 85.5 cm³/mol. The van der Waals surface area contributed by atoms with E-state index in [1.807, 2.05) is 0 Å². The lowest BCUT2D eigenvalue weighted by Crippen LogP contribution is -2.47. The van der Waals surface area contributed by atoms with Crippen LogP contribution in [0.4, 0.5) is 0 Å². The predicted octanol–water partition coefficient (Wildman–Crippen LogP) is 2.68. The zero-order valence-electron chi connectivity index (χ0n) is 14.0. The van der Waals surface area contributed by atoms with Gasteiger partial charge in [0.15, 0.2) is 0 Å². The van der Waals surface area contributed by atoms with Crippen LogP contribution in [0.25, 0.3) is 0 Å². The number of carboxylic acids is 1. The molecule has 0 aromatic heterocycles. The maximum Gasteiger partial charge on any atom is 0.310 e. The summed E-state index contributed by atoms with van der Waals surface area (Å²) in [4.78, 5) is 16.7. The van der Waals surface area contributed by atoms with Crippen molar-refractivity contribution in [2.75, 3.05) is 33.2 Å². The molecular formula is C17H32N2O2. The lowest BCUT2D eigenvalue weighted by atomic mass is 9.70. The van der Waals surface area contributed by atoms with Gasteiger partial charge in [0, 0.05) is 19.1 Å². The molecule has 21 heavy (non-hydrogen) atoms. The van der Waals surface area contributed by atoms with Gasteiger partial charge in [-0.1, -0.05) is 13.8 Å². The Morgan fingerprint density at radius 2 is 2.00 bits per heavy atom. The Labute approximate surface area is 129 Å². The number of carbonyl (C=O) groups is 1. The highest BCUT2D eigenvalue weighted by Gasteiger charge is 2.42. The van der Waals surface area contributed by atoms with Crippen LogP contribution in [0.1, 0.15) is 52.4 Å². The number of likely N-dealkylation sites (N-methyl/N-ethyl adjacent to an activating group) is 2. The molecule has 0 spiro atoms. The van der Waals surface area contributed by atoms with Crippen LogP contribution in [0, 0.1) is 11.3 Å². The molecule has 1 N–H and O–H groups in total. The molecule has 1 atom stereocenters. The van der Waals surface area contributed by atoms with Crippen LogP contribution in [-0.2, 0) is 4.79 Å². The monoisotopic (exact) mass is 296 g/mol. The third-order valence-electron chi connectivity index (χ3n) is 5.69. The minimum absolute atomic E-state index is 0.503. The summed E-state index contributed by atoms with van der Waals surface area (Å²) in [5.74, 6) is 0.105. The van der Waals surface area contributed by atoms with Crippen LogP contribution in [0.5, 0.6) is 0 Å². The first-order valence-electron chi connectivity index (χ1n) is 8.63. The van der Waals surface area contributed by atoms with Gasteiger partial charge in [-0.25, -0.2) is 0 Å². The zero-order chi connectivity index (χ0) is 15.5. The maximum atomic E-state index is 11.8. The van der Waals surface area contributed by atoms with Gasteiger partial charge in [-0.2, -0.15) is 0 Å². The molecule has 2 aliphatic rings. The van der Waals surface area contributed by atoms with E-state index in [1.165, 1.54) is 19.4 Å². The minimum atomic E-state index is -0.583. The molecular weight excluding hydrogens is 264 g/mol. The molecule has 122 valence electrons. The number of hydrogen-bond acceptors (Lipinski definition) is 3. The lowest BCUT2D eigenvalue weighted by Gasteiger charge is -2.39. The van der Waals surface area contributed by atoms with Crippen LogP contribution in [-0.4, -0.2) is 60.1 Å². The van der Waals surface area contributed by atoms with E-state index in [2.05, 4.69) is 30.7 Å². The average Bonchev–Trinajstić information content (AvgIpc) is 2.88. The van der Waals surface area contributed by atoms with Crippen molar-refractivity contribution in [1.29, 1.82) is 0 Å². The van der Waals surface area contributed by atoms with Crippen LogP contribution in [0.15, 0.2) is 0 Å². The molecule has 4 heteroatoms. The van der Waals surface area contributed by atoms with E-state index in [0.717, 1.165) is 38.8 Å². The van der Waals surface area contributed by atoms with Gasteiger partial charge in [0.1, 0.15) is 0 Å². The number of nitrogens with zero attached hydrogens (tertiary/aromatic N) is 2. The average molecular weight is 296 g/mol. The fraction of sp³-hybridized carbons (Fsp3) is 0.941. The van der Waals surface area contributed by atoms with Gasteiger partial charge in [-0.3, -0.25) is 9.69 Å². The van der Waals surface area contributed by atoms with Gasteiger partial charge in [0.25, 0.3) is 0 Å². The molecule has 2 fully saturated rings. The van der Waals surface area contributed by atoms with Gasteiger partial charge >= 0.3 is 5.97 Å². The van der Waals surface area contributed by atoms with E-state index in [-0.39, 0.29) is 0 Å². The van der Waals surface area contributed by atoms with Crippen molar-refractivity contribution in [3.8, 4) is 0 Å². The van der Waals surface area contributed by atoms with Crippen molar-refractivity contribution in [2.45, 2.75) is 58.4 Å². The summed E-state index contributed by atoms with van der Waals surface area (Å²) in [5, 5.41) is 9.75. The standard InChI is InChI=1S/C17H32N2O2/c1-4-19-11-5-6-15(19)12-18(3)13-17(16(20)21)9-7-14(2)8-10-17/h14-15H,4-13H2,1-3H3,(H,20,21). The third-order valence-corrected chi connectivity index (χ3v) is 5.69. The lowest BCUT2D eigenvalue weighted by molar-refractivity contribution is -0.153. The minimum Gasteiger partial charge on any atom is -0.481 e. The molecule has 1 unspecified atom stereocenters. The Morgan fingerprint density at radius 3 is 2.57 bits per heavy atom. The van der Waals surface area contributed by atoms with Crippen LogP contribution in [0.3, 0.4) is 0 Å². The van der Waals surface area contributed by atoms with E-state index in [0.29, 0.717) is 18.5 Å². The van der Waals surface area contributed by atoms with Crippen LogP contribution >= 0.6 is 0 Å². The fourth-order valence-electron chi connectivity index (χ4n) is 4.21. The van der Waals surface area contributed by atoms with E-state index < -0.39 is 11.4 Å². The molecule has 1 saturated carbocycles. The first-order valence-corrected chi connectivity index (χ1v) is 8.63. The van der Waals surface area contributed by atoms with Gasteiger partial charge in [-0.05, 0) is 64.6 Å². The van der Waals surface area contributed by atoms with Crippen molar-refractivity contribution in [1.82, 2.24) is 9.80 Å². The quantitative estimate of drug-likeness (QED) is 0.818. The van der Waals surface area contributed by atoms with Gasteiger partial charge in [0.2, 0.25) is 0 Å². The largest absolute Gasteiger partial charge is 0.481 e. The summed E-state index contributed by atoms with van der Waals surface area (Å²) in [6, 6.07) is 0.619. The first-order chi connectivity index (χ1) is 9.97. The zero-order valence-corrected chi connectivity index (χ0v) is 14.0. The topological polar surface area (TPSA) is 43.8 Å². The number of hydrogen-bond donors (Lipinski definition) is 1. The van der Waals surface area contributed by atoms with E-state index >= 15 is 0 Å². The Hall–Kier alpha value is -0.610. The molecule has 1 aliphatic heterocycles. The van der Waals surface area contributed by atoms with E-state index in [1.54, 1.807) is 0 Å². The molecule has 0 aromatic carbocycles. The van der Waals surface area contributed by atoms with Crippen molar-refractivity contribution in [2.24, 2.45) is 11.3 Å². The summed E-state index contributed by atoms with van der Waals surface area (Å²) < 4.78 is 0. The Kier molecular flexibility index (Phi) is 5.67. The molecule has 1 aliphatic carbocycles. The summed E-state index contributed by atoms with van der Waals surface area (Å²) in [7, 11) is 2.11. The van der Waals surface area contributed by atoms with Gasteiger partial charge in [-0.15, -0.1) is 0 Å². The Bertz CT molecular complexity index is 351. The van der Waals surface area contributed by atoms with Crippen molar-refractivity contribution in [3.63, 3.8) is 0 Å². The van der Waals surface area contributed by atoms with Crippen LogP contribution in [0.2, 0.25) is 0 Å². The van der Waals surface area contributed by atoms with Crippen LogP contribution < -0.4 is 0 Å². The molecule has 0 aromatic rings. The van der Waals surface area contributed by atoms with Crippen molar-refractivity contribution >= 4 is 5.97 Å². The number of likely N-dealkylation sites (tertiary alicyclic amines) is 1. The maximum absolute atomic E-state index is 11.8. The highest BCUT2D eigenvalue weighted by molar-refractivity contribution is 5.75. The Morgan fingerprint density at radius 1 is 1.33 bits per heavy atom. The SMILES string of the molecule is CCN1CCCC1CN(C)CC1(C(=O)O)CCC(C)CC1. The summed E-state index contributed by atoms with van der Waals surface area (Å²) in [6.45, 7) is 8.50. The second-order valence-electron chi connectivity index (χ2n) is 7.39. The summed E-state index contributed by atoms with van der Waals surface area (Å²) >= 11 is 0. The highest BCUT2D eigenvalue weighted by Crippen LogP contribution is 2.39. The molecule has 2 rings (SSSR count). The molecule has 0 bridgehead atoms. The molecule has 0 amide bonds. The fourth-order valence-corrected chi connectivity index (χ4v) is 4.21. The van der Waals surface area contributed by atoms with E-state index in [4.69, 9.17) is 0 Å². The van der Waals surface area contributed by atoms with Crippen molar-refractivity contribution < 1.29 is 9.90 Å². The second kappa shape index (κ2) is 7.10. The normalized spacial score (nSPS) is 34.5. The summed E-state index contributed by atoms with van der Waals surface area (Å²) in [5.41, 5.74) is -0.503. The second-order valence-corrected chi connectivity index (χ2v) is 7.39. The highest BCUT2D eigenvalue weighted by atomic mass is 16.4. The molecule has 1 heterocycles. The smallest absolute Gasteiger partial charge is 0.310 e. The number of aliphatic carboxylic acids is 1. The first kappa shape index (κ1) is 16.8. The van der Waals surface area contributed by atoms with Gasteiger partial charge in [0.05, 0.1) is 5.41 Å². The van der Waals surface area contributed by atoms with E-state index in [9.17, 15) is 9.90 Å². The molecule has 4 nitrogen and oxygen atoms in total. The number of rotatable bonds is 6. The third kappa shape index (κ3) is 3.98. The molecule has 0 radical (unpaired) electrons. The van der Waals surface area contributed by atoms with Crippen molar-refractivity contribution in [3.05, 3.63) is 0 Å². The van der Waals surface area contributed by atoms with Gasteiger partial charge < -0.3 is 10.0 Å². The summed E-state index contributed by atoms with van der Waals surface area (Å²) in [6.07, 6.45) is 6.35. The molecule has 1 saturated heterocycles. The Balaban J connectivity index is 1.92.